The molecule has 1 aromatic rings. The normalized spacial score (nSPS) is 16.2. The van der Waals surface area contributed by atoms with E-state index in [-0.39, 0.29) is 5.91 Å². The van der Waals surface area contributed by atoms with Crippen LogP contribution in [0.2, 0.25) is 0 Å². The average molecular weight is 321 g/mol. The Bertz CT molecular complexity index is 612. The molecule has 1 aliphatic rings. The summed E-state index contributed by atoms with van der Waals surface area (Å²) in [6.07, 6.45) is 1.38. The van der Waals surface area contributed by atoms with E-state index in [0.29, 0.717) is 23.9 Å². The van der Waals surface area contributed by atoms with Crippen LogP contribution in [0.3, 0.4) is 0 Å². The third kappa shape index (κ3) is 3.82. The lowest BCUT2D eigenvalue weighted by atomic mass is 10.1. The number of methoxy groups -OCH3 is 1. The maximum Gasteiger partial charge on any atom is 0.333 e. The van der Waals surface area contributed by atoms with Gasteiger partial charge in [-0.3, -0.25) is 4.79 Å². The first-order valence-corrected chi connectivity index (χ1v) is 7.98. The van der Waals surface area contributed by atoms with Gasteiger partial charge in [0.1, 0.15) is 5.75 Å². The van der Waals surface area contributed by atoms with Crippen LogP contribution in [-0.4, -0.2) is 36.2 Å². The van der Waals surface area contributed by atoms with E-state index in [1.54, 1.807) is 18.9 Å². The van der Waals surface area contributed by atoms with Gasteiger partial charge in [-0.15, -0.1) is 0 Å². The van der Waals surface area contributed by atoms with E-state index in [9.17, 15) is 9.59 Å². The van der Waals surface area contributed by atoms with E-state index in [1.165, 1.54) is 17.8 Å². The molecule has 1 amide bonds. The van der Waals surface area contributed by atoms with E-state index in [2.05, 4.69) is 0 Å². The van der Waals surface area contributed by atoms with Crippen molar-refractivity contribution in [1.29, 1.82) is 0 Å². The number of esters is 1. The highest BCUT2D eigenvalue weighted by atomic mass is 32.2. The number of thioether (sulfide) groups is 1. The molecule has 0 aromatic heterocycles. The molecule has 0 bridgehead atoms. The quantitative estimate of drug-likeness (QED) is 0.616. The highest BCUT2D eigenvalue weighted by molar-refractivity contribution is 8.04. The Labute approximate surface area is 134 Å². The summed E-state index contributed by atoms with van der Waals surface area (Å²) >= 11 is 1.35. The highest BCUT2D eigenvalue weighted by Gasteiger charge is 2.28. The van der Waals surface area contributed by atoms with Gasteiger partial charge in [0.25, 0.3) is 0 Å². The lowest BCUT2D eigenvalue weighted by Gasteiger charge is -2.19. The number of benzene rings is 1. The first-order chi connectivity index (χ1) is 10.5. The van der Waals surface area contributed by atoms with E-state index in [0.717, 1.165) is 16.9 Å². The first-order valence-electron chi connectivity index (χ1n) is 7.00. The summed E-state index contributed by atoms with van der Waals surface area (Å²) in [5, 5.41) is 0.618. The van der Waals surface area contributed by atoms with Crippen LogP contribution in [0.15, 0.2) is 29.3 Å². The number of amides is 1. The molecule has 1 fully saturated rings. The van der Waals surface area contributed by atoms with Gasteiger partial charge in [0.15, 0.2) is 0 Å². The van der Waals surface area contributed by atoms with Gasteiger partial charge >= 0.3 is 5.97 Å². The number of nitrogens with zero attached hydrogens (tertiary/aromatic N) is 1. The van der Waals surface area contributed by atoms with Crippen molar-refractivity contribution in [3.63, 3.8) is 0 Å². The van der Waals surface area contributed by atoms with Crippen molar-refractivity contribution in [1.82, 2.24) is 4.90 Å². The predicted octanol–water partition coefficient (Wildman–Crippen LogP) is 2.48. The predicted molar refractivity (Wildman–Crippen MR) is 85.5 cm³/mol. The molecular weight excluding hydrogens is 302 g/mol. The summed E-state index contributed by atoms with van der Waals surface area (Å²) in [5.41, 5.74) is 2.00. The minimum absolute atomic E-state index is 0.0240. The number of ether oxygens (including phenoxy) is 2. The zero-order valence-electron chi connectivity index (χ0n) is 12.9. The lowest BCUT2D eigenvalue weighted by molar-refractivity contribution is -0.137. The zero-order chi connectivity index (χ0) is 16.1. The minimum Gasteiger partial charge on any atom is -0.496 e. The molecule has 0 N–H and O–H groups in total. The van der Waals surface area contributed by atoms with Crippen molar-refractivity contribution in [2.24, 2.45) is 0 Å². The number of hydrogen-bond acceptors (Lipinski definition) is 5. The molecule has 0 atom stereocenters. The molecule has 22 heavy (non-hydrogen) atoms. The van der Waals surface area contributed by atoms with E-state index in [4.69, 9.17) is 9.47 Å². The minimum atomic E-state index is -0.430. The summed E-state index contributed by atoms with van der Waals surface area (Å²) < 4.78 is 10.3. The highest BCUT2D eigenvalue weighted by Crippen LogP contribution is 2.32. The Morgan fingerprint density at radius 3 is 2.91 bits per heavy atom. The van der Waals surface area contributed by atoms with Gasteiger partial charge in [0.05, 0.1) is 37.1 Å². The lowest BCUT2D eigenvalue weighted by Crippen LogP contribution is -2.24. The molecule has 0 spiro atoms. The molecule has 6 heteroatoms. The molecule has 1 aliphatic heterocycles. The summed E-state index contributed by atoms with van der Waals surface area (Å²) in [6, 6.07) is 5.82. The van der Waals surface area contributed by atoms with Crippen molar-refractivity contribution in [2.75, 3.05) is 19.5 Å². The van der Waals surface area contributed by atoms with Gasteiger partial charge in [0, 0.05) is 5.56 Å². The van der Waals surface area contributed by atoms with Crippen LogP contribution in [0.1, 0.15) is 18.1 Å². The van der Waals surface area contributed by atoms with Crippen molar-refractivity contribution in [2.45, 2.75) is 20.4 Å². The molecule has 1 heterocycles. The fourth-order valence-corrected chi connectivity index (χ4v) is 3.12. The zero-order valence-corrected chi connectivity index (χ0v) is 13.7. The van der Waals surface area contributed by atoms with Crippen LogP contribution in [0.4, 0.5) is 0 Å². The summed E-state index contributed by atoms with van der Waals surface area (Å²) in [7, 11) is 1.60. The van der Waals surface area contributed by atoms with Crippen molar-refractivity contribution < 1.29 is 19.1 Å². The van der Waals surface area contributed by atoms with Gasteiger partial charge < -0.3 is 14.4 Å². The van der Waals surface area contributed by atoms with Gasteiger partial charge in [-0.1, -0.05) is 29.5 Å². The van der Waals surface area contributed by atoms with Gasteiger partial charge in [0.2, 0.25) is 5.91 Å². The fourth-order valence-electron chi connectivity index (χ4n) is 2.19. The number of carbonyl (C=O) groups excluding carboxylic acids is 2. The number of rotatable bonds is 5. The molecule has 2 rings (SSSR count). The number of hydrogen-bond donors (Lipinski definition) is 0. The molecule has 1 aromatic carbocycles. The van der Waals surface area contributed by atoms with Crippen molar-refractivity contribution in [3.05, 3.63) is 40.4 Å². The Hall–Kier alpha value is -1.95. The SMILES string of the molecule is CCOC(=O)/C=C1\SCC(=O)N1Cc1cc(C)ccc1OC. The maximum atomic E-state index is 12.1. The molecule has 0 saturated carbocycles. The first kappa shape index (κ1) is 16.4. The van der Waals surface area contributed by atoms with Gasteiger partial charge in [-0.2, -0.15) is 0 Å². The van der Waals surface area contributed by atoms with Crippen LogP contribution >= 0.6 is 11.8 Å². The standard InChI is InChI=1S/C16H19NO4S/c1-4-21-16(19)8-15-17(14(18)10-22-15)9-12-7-11(2)5-6-13(12)20-3/h5-8H,4,9-10H2,1-3H3/b15-8-. The smallest absolute Gasteiger partial charge is 0.333 e. The fraction of sp³-hybridized carbons (Fsp3) is 0.375. The van der Waals surface area contributed by atoms with Crippen LogP contribution in [0.25, 0.3) is 0 Å². The largest absolute Gasteiger partial charge is 0.496 e. The van der Waals surface area contributed by atoms with Crippen molar-refractivity contribution >= 4 is 23.6 Å². The van der Waals surface area contributed by atoms with E-state index < -0.39 is 5.97 Å². The Kier molecular flexibility index (Phi) is 5.49. The average Bonchev–Trinajstić information content (AvgIpc) is 2.81. The number of carbonyl (C=O) groups is 2. The molecule has 118 valence electrons. The second-order valence-electron chi connectivity index (χ2n) is 4.82. The summed E-state index contributed by atoms with van der Waals surface area (Å²) in [5.74, 6) is 0.607. The summed E-state index contributed by atoms with van der Waals surface area (Å²) in [4.78, 5) is 25.3. The molecule has 1 saturated heterocycles. The van der Waals surface area contributed by atoms with E-state index in [1.807, 2.05) is 25.1 Å². The monoisotopic (exact) mass is 321 g/mol. The Morgan fingerprint density at radius 2 is 2.23 bits per heavy atom. The van der Waals surface area contributed by atoms with Crippen molar-refractivity contribution in [3.8, 4) is 5.75 Å². The van der Waals surface area contributed by atoms with Gasteiger partial charge in [-0.25, -0.2) is 4.79 Å². The topological polar surface area (TPSA) is 55.8 Å². The third-order valence-electron chi connectivity index (χ3n) is 3.20. The van der Waals surface area contributed by atoms with Crippen LogP contribution < -0.4 is 4.74 Å². The molecule has 0 radical (unpaired) electrons. The molecule has 5 nitrogen and oxygen atoms in total. The third-order valence-corrected chi connectivity index (χ3v) is 4.23. The van der Waals surface area contributed by atoms with Crippen LogP contribution in [0, 0.1) is 6.92 Å². The summed E-state index contributed by atoms with van der Waals surface area (Å²) in [6.45, 7) is 4.42. The maximum absolute atomic E-state index is 12.1. The Balaban J connectivity index is 2.24. The van der Waals surface area contributed by atoms with Crippen LogP contribution in [0.5, 0.6) is 5.75 Å². The second-order valence-corrected chi connectivity index (χ2v) is 5.81. The number of aryl methyl sites for hydroxylation is 1. The molecule has 0 unspecified atom stereocenters. The van der Waals surface area contributed by atoms with Gasteiger partial charge in [-0.05, 0) is 19.9 Å². The second kappa shape index (κ2) is 7.35. The molecule has 0 aliphatic carbocycles. The Morgan fingerprint density at radius 1 is 1.45 bits per heavy atom. The van der Waals surface area contributed by atoms with E-state index >= 15 is 0 Å². The molecular formula is C16H19NO4S. The van der Waals surface area contributed by atoms with Crippen LogP contribution in [-0.2, 0) is 20.9 Å².